The van der Waals surface area contributed by atoms with Crippen LogP contribution in [0.4, 0.5) is 17.1 Å². The predicted octanol–water partition coefficient (Wildman–Crippen LogP) is 17.3. The summed E-state index contributed by atoms with van der Waals surface area (Å²) in [6.07, 6.45) is 5.89. The molecule has 0 saturated heterocycles. The third-order valence-electron chi connectivity index (χ3n) is 14.9. The quantitative estimate of drug-likeness (QED) is 0.144. The molecule has 72 heavy (non-hydrogen) atoms. The zero-order chi connectivity index (χ0) is 47.6. The summed E-state index contributed by atoms with van der Waals surface area (Å²) in [6.45, 7) is 0. The maximum Gasteiger partial charge on any atom is 0.0714 e. The minimum atomic E-state index is -0.523. The fourth-order valence-electron chi connectivity index (χ4n) is 11.7. The van der Waals surface area contributed by atoms with Gasteiger partial charge in [-0.15, -0.1) is 0 Å². The van der Waals surface area contributed by atoms with E-state index < -0.39 is 5.41 Å². The lowest BCUT2D eigenvalue weighted by molar-refractivity contribution is 0.768. The van der Waals surface area contributed by atoms with Crippen molar-refractivity contribution in [1.29, 1.82) is 0 Å². The van der Waals surface area contributed by atoms with Crippen molar-refractivity contribution in [2.45, 2.75) is 5.41 Å². The van der Waals surface area contributed by atoms with Crippen molar-refractivity contribution in [2.24, 2.45) is 0 Å². The Morgan fingerprint density at radius 1 is 0.347 bits per heavy atom. The highest BCUT2D eigenvalue weighted by Crippen LogP contribution is 2.57. The molecule has 0 bridgehead atoms. The van der Waals surface area contributed by atoms with Gasteiger partial charge in [-0.3, -0.25) is 4.98 Å². The zero-order valence-corrected chi connectivity index (χ0v) is 39.3. The first-order valence-electron chi connectivity index (χ1n) is 24.7. The minimum absolute atomic E-state index is 0.523. The van der Waals surface area contributed by atoms with Crippen LogP contribution in [0.5, 0.6) is 0 Å². The van der Waals surface area contributed by atoms with Crippen molar-refractivity contribution in [3.63, 3.8) is 0 Å². The molecule has 0 radical (unpaired) electrons. The third-order valence-corrected chi connectivity index (χ3v) is 14.9. The highest BCUT2D eigenvalue weighted by molar-refractivity contribution is 6.14. The van der Waals surface area contributed by atoms with Gasteiger partial charge in [-0.05, 0) is 159 Å². The van der Waals surface area contributed by atoms with E-state index in [9.17, 15) is 0 Å². The van der Waals surface area contributed by atoms with Crippen LogP contribution in [-0.4, -0.2) is 14.1 Å². The van der Waals surface area contributed by atoms with Gasteiger partial charge in [-0.25, -0.2) is 0 Å². The number of pyridine rings is 1. The molecule has 1 aliphatic carbocycles. The summed E-state index contributed by atoms with van der Waals surface area (Å²) in [4.78, 5) is 6.69. The highest BCUT2D eigenvalue weighted by atomic mass is 15.1. The fourth-order valence-corrected chi connectivity index (χ4v) is 11.7. The van der Waals surface area contributed by atoms with Gasteiger partial charge in [-0.1, -0.05) is 158 Å². The number of hydrogen-bond donors (Lipinski definition) is 0. The average molecular weight is 919 g/mol. The first-order chi connectivity index (χ1) is 35.7. The maximum atomic E-state index is 4.28. The van der Waals surface area contributed by atoms with E-state index in [-0.39, 0.29) is 0 Å². The van der Waals surface area contributed by atoms with Crippen molar-refractivity contribution >= 4 is 49.8 Å². The Hall–Kier alpha value is -9.51. The van der Waals surface area contributed by atoms with Gasteiger partial charge >= 0.3 is 0 Å². The van der Waals surface area contributed by atoms with Gasteiger partial charge in [0.05, 0.1) is 22.0 Å². The topological polar surface area (TPSA) is 26.0 Å². The second kappa shape index (κ2) is 16.9. The van der Waals surface area contributed by atoms with Crippen LogP contribution in [0.15, 0.2) is 279 Å². The molecule has 338 valence electrons. The van der Waals surface area contributed by atoms with Crippen LogP contribution < -0.4 is 4.90 Å². The lowest BCUT2D eigenvalue weighted by Crippen LogP contribution is -2.28. The van der Waals surface area contributed by atoms with Gasteiger partial charge in [-0.2, -0.15) is 0 Å². The molecule has 0 atom stereocenters. The number of para-hydroxylation sites is 2. The van der Waals surface area contributed by atoms with Crippen LogP contribution in [0.25, 0.3) is 77.5 Å². The Balaban J connectivity index is 0.918. The molecule has 3 aromatic heterocycles. The molecule has 0 saturated carbocycles. The van der Waals surface area contributed by atoms with E-state index in [0.29, 0.717) is 0 Å². The van der Waals surface area contributed by atoms with Crippen LogP contribution in [-0.2, 0) is 5.41 Å². The lowest BCUT2D eigenvalue weighted by Gasteiger charge is -2.35. The second-order valence-corrected chi connectivity index (χ2v) is 18.8. The molecule has 3 heterocycles. The molecule has 13 aromatic rings. The van der Waals surface area contributed by atoms with Gasteiger partial charge in [0.15, 0.2) is 0 Å². The Bertz CT molecular complexity index is 4070. The summed E-state index contributed by atoms with van der Waals surface area (Å²) in [5.41, 5.74) is 20.7. The van der Waals surface area contributed by atoms with Gasteiger partial charge in [0.1, 0.15) is 0 Å². The Labute approximate surface area is 418 Å². The van der Waals surface area contributed by atoms with E-state index in [1.54, 1.807) is 0 Å². The Kier molecular flexibility index (Phi) is 9.71. The SMILES string of the molecule is c1ccc(-n2ccc3cc4c5cc(-c6ccc(N(c7ccc(-c8ccncc8)cc7)c7ccc8c(c7)C(c7ccccc7)(c7ccccc7)c7ccccc7-8)cc6)ccc5n(-c5ccccc5)c4cc32)cc1. The van der Waals surface area contributed by atoms with Crippen molar-refractivity contribution in [3.8, 4) is 44.8 Å². The molecule has 10 aromatic carbocycles. The van der Waals surface area contributed by atoms with Crippen LogP contribution in [0.1, 0.15) is 22.3 Å². The van der Waals surface area contributed by atoms with Crippen LogP contribution in [0.3, 0.4) is 0 Å². The van der Waals surface area contributed by atoms with Crippen molar-refractivity contribution in [3.05, 3.63) is 302 Å². The van der Waals surface area contributed by atoms with E-state index in [1.165, 1.54) is 71.7 Å². The van der Waals surface area contributed by atoms with Crippen LogP contribution in [0, 0.1) is 0 Å². The van der Waals surface area contributed by atoms with E-state index in [2.05, 4.69) is 286 Å². The van der Waals surface area contributed by atoms with E-state index >= 15 is 0 Å². The third kappa shape index (κ3) is 6.57. The molecule has 0 amide bonds. The maximum absolute atomic E-state index is 4.28. The number of rotatable bonds is 9. The van der Waals surface area contributed by atoms with Crippen LogP contribution in [0.2, 0.25) is 0 Å². The number of aromatic nitrogens is 3. The summed E-state index contributed by atoms with van der Waals surface area (Å²) < 4.78 is 4.70. The molecule has 14 rings (SSSR count). The molecular weight excluding hydrogens is 873 g/mol. The summed E-state index contributed by atoms with van der Waals surface area (Å²) in [5.74, 6) is 0. The Morgan fingerprint density at radius 3 is 1.54 bits per heavy atom. The average Bonchev–Trinajstić information content (AvgIpc) is 4.12. The molecule has 0 spiro atoms. The summed E-state index contributed by atoms with van der Waals surface area (Å²) >= 11 is 0. The molecule has 1 aliphatic rings. The molecule has 0 aliphatic heterocycles. The van der Waals surface area contributed by atoms with Crippen molar-refractivity contribution in [2.75, 3.05) is 4.90 Å². The number of nitrogens with zero attached hydrogens (tertiary/aromatic N) is 4. The van der Waals surface area contributed by atoms with Crippen LogP contribution >= 0.6 is 0 Å². The minimum Gasteiger partial charge on any atom is -0.316 e. The molecular formula is C68H46N4. The number of fused-ring (bicyclic) bond motifs is 7. The van der Waals surface area contributed by atoms with Gasteiger partial charge in [0.2, 0.25) is 0 Å². The van der Waals surface area contributed by atoms with E-state index in [1.807, 2.05) is 12.4 Å². The molecule has 0 fully saturated rings. The molecule has 0 unspecified atom stereocenters. The van der Waals surface area contributed by atoms with Crippen molar-refractivity contribution in [1.82, 2.24) is 14.1 Å². The first kappa shape index (κ1) is 41.5. The number of benzene rings is 10. The summed E-state index contributed by atoms with van der Waals surface area (Å²) in [6, 6.07) is 95.6. The second-order valence-electron chi connectivity index (χ2n) is 18.8. The molecule has 4 heteroatoms. The fraction of sp³-hybridized carbons (Fsp3) is 0.0147. The zero-order valence-electron chi connectivity index (χ0n) is 39.3. The summed E-state index contributed by atoms with van der Waals surface area (Å²) in [5, 5.41) is 3.66. The van der Waals surface area contributed by atoms with Crippen molar-refractivity contribution < 1.29 is 0 Å². The number of hydrogen-bond acceptors (Lipinski definition) is 2. The molecule has 4 nitrogen and oxygen atoms in total. The molecule has 0 N–H and O–H groups in total. The van der Waals surface area contributed by atoms with Gasteiger partial charge < -0.3 is 14.0 Å². The Morgan fingerprint density at radius 2 is 0.875 bits per heavy atom. The van der Waals surface area contributed by atoms with Gasteiger partial charge in [0.25, 0.3) is 0 Å². The van der Waals surface area contributed by atoms with Gasteiger partial charge in [0, 0.05) is 63.2 Å². The first-order valence-corrected chi connectivity index (χ1v) is 24.7. The normalized spacial score (nSPS) is 12.6. The largest absolute Gasteiger partial charge is 0.316 e. The predicted molar refractivity (Wildman–Crippen MR) is 298 cm³/mol. The monoisotopic (exact) mass is 918 g/mol. The summed E-state index contributed by atoms with van der Waals surface area (Å²) in [7, 11) is 0. The smallest absolute Gasteiger partial charge is 0.0714 e. The highest BCUT2D eigenvalue weighted by Gasteiger charge is 2.46. The lowest BCUT2D eigenvalue weighted by atomic mass is 9.67. The standard InChI is InChI=1S/C68H46N4/c1-5-15-52(16-6-1)68(53-17-7-2-8-18-53)63-24-14-13-23-59(63)60-35-34-58(45-64(60)68)71(56-30-25-47(26-31-56)49-37-40-69-41-38-49)57-32-27-48(28-33-57)50-29-36-65-61(43-50)62-44-51-39-42-70(54-19-9-3-10-20-54)66(51)46-67(62)72(65)55-21-11-4-12-22-55/h1-46H. The van der Waals surface area contributed by atoms with E-state index in [4.69, 9.17) is 0 Å². The van der Waals surface area contributed by atoms with E-state index in [0.717, 1.165) is 45.1 Å². The number of anilines is 3.